The number of rotatable bonds is 2. The molecule has 0 radical (unpaired) electrons. The van der Waals surface area contributed by atoms with Crippen LogP contribution in [0.2, 0.25) is 0 Å². The van der Waals surface area contributed by atoms with Crippen LogP contribution in [0.1, 0.15) is 29.2 Å². The van der Waals surface area contributed by atoms with Crippen LogP contribution < -0.4 is 11.3 Å². The summed E-state index contributed by atoms with van der Waals surface area (Å²) in [5, 5.41) is 0.495. The lowest BCUT2D eigenvalue weighted by molar-refractivity contribution is 0.0693. The van der Waals surface area contributed by atoms with E-state index in [4.69, 9.17) is 4.42 Å². The van der Waals surface area contributed by atoms with Gasteiger partial charge in [-0.05, 0) is 43.2 Å². The van der Waals surface area contributed by atoms with E-state index in [1.54, 1.807) is 52.3 Å². The van der Waals surface area contributed by atoms with Crippen LogP contribution in [0, 0.1) is 0 Å². The van der Waals surface area contributed by atoms with Crippen molar-refractivity contribution in [3.8, 4) is 0 Å². The first-order valence-corrected chi connectivity index (χ1v) is 9.34. The topological polar surface area (TPSA) is 114 Å². The molecule has 9 nitrogen and oxygen atoms in total. The van der Waals surface area contributed by atoms with Crippen molar-refractivity contribution in [3.63, 3.8) is 0 Å². The van der Waals surface area contributed by atoms with Crippen molar-refractivity contribution < 1.29 is 9.21 Å². The molecule has 4 aromatic rings. The lowest BCUT2D eigenvalue weighted by Crippen LogP contribution is -2.40. The molecule has 1 fully saturated rings. The van der Waals surface area contributed by atoms with Gasteiger partial charge < -0.3 is 9.32 Å². The Hall–Kier alpha value is -3.75. The van der Waals surface area contributed by atoms with Crippen molar-refractivity contribution in [1.29, 1.82) is 0 Å². The molecule has 1 aliphatic rings. The van der Waals surface area contributed by atoms with Crippen molar-refractivity contribution in [3.05, 3.63) is 69.3 Å². The summed E-state index contributed by atoms with van der Waals surface area (Å²) >= 11 is 0. The molecule has 1 amide bonds. The van der Waals surface area contributed by atoms with Gasteiger partial charge >= 0.3 is 5.76 Å². The molecule has 4 heterocycles. The number of hydrogen-bond acceptors (Lipinski definition) is 6. The monoisotopic (exact) mass is 391 g/mol. The summed E-state index contributed by atoms with van der Waals surface area (Å²) < 4.78 is 6.68. The van der Waals surface area contributed by atoms with Crippen LogP contribution in [0.15, 0.2) is 56.9 Å². The summed E-state index contributed by atoms with van der Waals surface area (Å²) in [4.78, 5) is 49.6. The number of piperidine rings is 1. The minimum absolute atomic E-state index is 0.0196. The fraction of sp³-hybridized carbons (Fsp3) is 0.250. The molecule has 0 saturated carbocycles. The molecule has 1 aliphatic heterocycles. The smallest absolute Gasteiger partial charge is 0.408 e. The number of likely N-dealkylation sites (tertiary alicyclic amines) is 1. The zero-order valence-electron chi connectivity index (χ0n) is 15.4. The lowest BCUT2D eigenvalue weighted by Gasteiger charge is -2.32. The number of amides is 1. The highest BCUT2D eigenvalue weighted by atomic mass is 16.4. The third-order valence-corrected chi connectivity index (χ3v) is 5.37. The van der Waals surface area contributed by atoms with E-state index in [0.29, 0.717) is 53.6 Å². The Morgan fingerprint density at radius 1 is 1.14 bits per heavy atom. The van der Waals surface area contributed by atoms with Crippen LogP contribution in [0.3, 0.4) is 0 Å². The zero-order valence-corrected chi connectivity index (χ0v) is 15.4. The number of carbonyl (C=O) groups excluding carboxylic acids is 1. The van der Waals surface area contributed by atoms with Gasteiger partial charge in [0.05, 0.1) is 10.9 Å². The van der Waals surface area contributed by atoms with E-state index in [0.717, 1.165) is 0 Å². The van der Waals surface area contributed by atoms with Crippen LogP contribution in [-0.2, 0) is 0 Å². The molecular weight excluding hydrogens is 374 g/mol. The van der Waals surface area contributed by atoms with Gasteiger partial charge in [-0.3, -0.25) is 19.1 Å². The molecule has 9 heteroatoms. The van der Waals surface area contributed by atoms with Crippen molar-refractivity contribution in [2.45, 2.75) is 18.9 Å². The van der Waals surface area contributed by atoms with E-state index in [-0.39, 0.29) is 17.5 Å². The lowest BCUT2D eigenvalue weighted by atomic mass is 10.0. The van der Waals surface area contributed by atoms with Crippen molar-refractivity contribution in [2.75, 3.05) is 13.1 Å². The average Bonchev–Trinajstić information content (AvgIpc) is 3.13. The molecule has 0 unspecified atom stereocenters. The number of hydrogen-bond donors (Lipinski definition) is 1. The molecule has 5 rings (SSSR count). The van der Waals surface area contributed by atoms with Gasteiger partial charge in [-0.2, -0.15) is 0 Å². The minimum atomic E-state index is -0.546. The van der Waals surface area contributed by atoms with Crippen molar-refractivity contribution in [1.82, 2.24) is 24.4 Å². The number of nitrogens with zero attached hydrogens (tertiary/aromatic N) is 4. The first-order chi connectivity index (χ1) is 14.1. The quantitative estimate of drug-likeness (QED) is 0.556. The van der Waals surface area contributed by atoms with E-state index >= 15 is 0 Å². The molecular formula is C20H17N5O4. The van der Waals surface area contributed by atoms with Gasteiger partial charge in [0, 0.05) is 30.9 Å². The van der Waals surface area contributed by atoms with E-state index in [2.05, 4.69) is 15.0 Å². The summed E-state index contributed by atoms with van der Waals surface area (Å²) in [6.07, 6.45) is 4.46. The van der Waals surface area contributed by atoms with Gasteiger partial charge in [0.1, 0.15) is 6.33 Å². The van der Waals surface area contributed by atoms with Crippen LogP contribution in [0.5, 0.6) is 0 Å². The normalized spacial score (nSPS) is 15.2. The third-order valence-electron chi connectivity index (χ3n) is 5.37. The summed E-state index contributed by atoms with van der Waals surface area (Å²) in [6, 6.07) is 8.34. The van der Waals surface area contributed by atoms with Crippen molar-refractivity contribution in [2.24, 2.45) is 0 Å². The number of H-pyrrole nitrogens is 1. The molecule has 1 N–H and O–H groups in total. The second-order valence-corrected chi connectivity index (χ2v) is 7.08. The maximum absolute atomic E-state index is 12.8. The highest BCUT2D eigenvalue weighted by molar-refractivity contribution is 5.97. The van der Waals surface area contributed by atoms with Gasteiger partial charge in [0.25, 0.3) is 11.5 Å². The Labute approximate surface area is 163 Å². The Morgan fingerprint density at radius 3 is 2.79 bits per heavy atom. The standard InChI is InChI=1S/C20H17N5O4/c26-18(12-3-4-15-16(10-12)29-20(28)23-15)24-8-5-13(6-9-24)25-11-22-17-14(19(25)27)2-1-7-21-17/h1-4,7,10-11,13H,5-6,8-9H2,(H,23,28). The summed E-state index contributed by atoms with van der Waals surface area (Å²) in [6.45, 7) is 1.05. The minimum Gasteiger partial charge on any atom is -0.408 e. The van der Waals surface area contributed by atoms with Gasteiger partial charge in [0.2, 0.25) is 0 Å². The fourth-order valence-corrected chi connectivity index (χ4v) is 3.84. The molecule has 0 atom stereocenters. The molecule has 1 aromatic carbocycles. The van der Waals surface area contributed by atoms with Gasteiger partial charge in [-0.1, -0.05) is 0 Å². The molecule has 0 aliphatic carbocycles. The molecule has 0 bridgehead atoms. The maximum atomic E-state index is 12.8. The fourth-order valence-electron chi connectivity index (χ4n) is 3.84. The summed E-state index contributed by atoms with van der Waals surface area (Å²) in [5.41, 5.74) is 1.71. The van der Waals surface area contributed by atoms with Crippen molar-refractivity contribution >= 4 is 28.0 Å². The SMILES string of the molecule is O=C(c1ccc2[nH]c(=O)oc2c1)N1CCC(n2cnc3ncccc3c2=O)CC1. The molecule has 0 spiro atoms. The number of fused-ring (bicyclic) bond motifs is 2. The van der Waals surface area contributed by atoms with Crippen LogP contribution in [0.4, 0.5) is 0 Å². The van der Waals surface area contributed by atoms with E-state index in [1.807, 2.05) is 0 Å². The molecule has 3 aromatic heterocycles. The van der Waals surface area contributed by atoms with E-state index in [1.165, 1.54) is 0 Å². The Morgan fingerprint density at radius 2 is 1.97 bits per heavy atom. The summed E-state index contributed by atoms with van der Waals surface area (Å²) in [5.74, 6) is -0.669. The highest BCUT2D eigenvalue weighted by Crippen LogP contribution is 2.23. The van der Waals surface area contributed by atoms with Gasteiger partial charge in [0.15, 0.2) is 11.2 Å². The van der Waals surface area contributed by atoms with Crippen LogP contribution in [0.25, 0.3) is 22.1 Å². The Bertz CT molecular complexity index is 1340. The largest absolute Gasteiger partial charge is 0.417 e. The predicted octanol–water partition coefficient (Wildman–Crippen LogP) is 1.70. The number of aromatic amines is 1. The first kappa shape index (κ1) is 17.4. The second kappa shape index (κ2) is 6.69. The predicted molar refractivity (Wildman–Crippen MR) is 105 cm³/mol. The molecule has 146 valence electrons. The van der Waals surface area contributed by atoms with E-state index in [9.17, 15) is 14.4 Å². The number of oxazole rings is 1. The Balaban J connectivity index is 1.34. The van der Waals surface area contributed by atoms with Crippen LogP contribution >= 0.6 is 0 Å². The third kappa shape index (κ3) is 3.00. The number of benzene rings is 1. The number of nitrogens with one attached hydrogen (secondary N) is 1. The number of carbonyl (C=O) groups is 1. The molecule has 29 heavy (non-hydrogen) atoms. The second-order valence-electron chi connectivity index (χ2n) is 7.08. The Kier molecular flexibility index (Phi) is 4.01. The zero-order chi connectivity index (χ0) is 20.0. The molecule has 1 saturated heterocycles. The van der Waals surface area contributed by atoms with E-state index < -0.39 is 5.76 Å². The maximum Gasteiger partial charge on any atom is 0.417 e. The number of pyridine rings is 1. The summed E-state index contributed by atoms with van der Waals surface area (Å²) in [7, 11) is 0. The number of aromatic nitrogens is 4. The van der Waals surface area contributed by atoms with Gasteiger partial charge in [-0.15, -0.1) is 0 Å². The van der Waals surface area contributed by atoms with Gasteiger partial charge in [-0.25, -0.2) is 14.8 Å². The van der Waals surface area contributed by atoms with Crippen LogP contribution in [-0.4, -0.2) is 43.4 Å². The first-order valence-electron chi connectivity index (χ1n) is 9.34. The average molecular weight is 391 g/mol. The highest BCUT2D eigenvalue weighted by Gasteiger charge is 2.26.